The minimum absolute atomic E-state index is 0.0970. The van der Waals surface area contributed by atoms with Crippen LogP contribution in [0.1, 0.15) is 45.8 Å². The van der Waals surface area contributed by atoms with Crippen LogP contribution in [0.4, 0.5) is 0 Å². The number of aryl methyl sites for hydroxylation is 2. The molecule has 2 heterocycles. The maximum atomic E-state index is 12.3. The van der Waals surface area contributed by atoms with Crippen molar-refractivity contribution in [1.82, 2.24) is 0 Å². The zero-order chi connectivity index (χ0) is 18.3. The number of hydrogen-bond acceptors (Lipinski definition) is 5. The van der Waals surface area contributed by atoms with E-state index < -0.39 is 5.97 Å². The first-order valence-electron chi connectivity index (χ1n) is 8.57. The molecule has 0 aliphatic heterocycles. The van der Waals surface area contributed by atoms with E-state index in [1.165, 1.54) is 6.07 Å². The summed E-state index contributed by atoms with van der Waals surface area (Å²) in [7, 11) is 0. The van der Waals surface area contributed by atoms with E-state index in [9.17, 15) is 9.59 Å². The predicted molar refractivity (Wildman–Crippen MR) is 93.9 cm³/mol. The monoisotopic (exact) mass is 354 g/mol. The lowest BCUT2D eigenvalue weighted by molar-refractivity contribution is 0.0658. The number of carboxylic acids is 1. The van der Waals surface area contributed by atoms with Crippen LogP contribution in [0.25, 0.3) is 11.0 Å². The van der Waals surface area contributed by atoms with Crippen molar-refractivity contribution in [1.29, 1.82) is 0 Å². The van der Waals surface area contributed by atoms with E-state index in [0.29, 0.717) is 17.1 Å². The normalized spacial score (nSPS) is 13.6. The minimum Gasteiger partial charge on any atom is -0.485 e. The van der Waals surface area contributed by atoms with E-state index in [1.54, 1.807) is 6.07 Å². The highest BCUT2D eigenvalue weighted by Crippen LogP contribution is 2.35. The average molecular weight is 354 g/mol. The lowest BCUT2D eigenvalue weighted by Crippen LogP contribution is -2.16. The molecule has 0 amide bonds. The van der Waals surface area contributed by atoms with Gasteiger partial charge in [-0.3, -0.25) is 0 Å². The Morgan fingerprint density at radius 3 is 2.65 bits per heavy atom. The highest BCUT2D eigenvalue weighted by atomic mass is 16.5. The Morgan fingerprint density at radius 1 is 1.15 bits per heavy atom. The fraction of sp³-hybridized carbons (Fsp3) is 0.300. The Kier molecular flexibility index (Phi) is 4.03. The van der Waals surface area contributed by atoms with Crippen LogP contribution in [-0.4, -0.2) is 11.1 Å². The molecule has 1 aliphatic rings. The molecule has 1 aromatic carbocycles. The van der Waals surface area contributed by atoms with Gasteiger partial charge in [0.15, 0.2) is 0 Å². The van der Waals surface area contributed by atoms with Crippen LogP contribution in [-0.2, 0) is 19.4 Å². The Hall–Kier alpha value is -3.02. The van der Waals surface area contributed by atoms with Crippen LogP contribution in [0.3, 0.4) is 0 Å². The van der Waals surface area contributed by atoms with Gasteiger partial charge in [-0.1, -0.05) is 0 Å². The summed E-state index contributed by atoms with van der Waals surface area (Å²) >= 11 is 0. The molecule has 0 fully saturated rings. The highest BCUT2D eigenvalue weighted by molar-refractivity contribution is 5.88. The van der Waals surface area contributed by atoms with E-state index in [-0.39, 0.29) is 18.0 Å². The van der Waals surface area contributed by atoms with Gasteiger partial charge in [0.05, 0.1) is 5.39 Å². The van der Waals surface area contributed by atoms with Gasteiger partial charge in [-0.2, -0.15) is 0 Å². The molecule has 0 spiro atoms. The second kappa shape index (κ2) is 6.37. The van der Waals surface area contributed by atoms with Crippen LogP contribution in [0.2, 0.25) is 0 Å². The van der Waals surface area contributed by atoms with Gasteiger partial charge in [-0.25, -0.2) is 9.59 Å². The summed E-state index contributed by atoms with van der Waals surface area (Å²) in [6, 6.07) is 6.72. The molecule has 0 unspecified atom stereocenters. The molecule has 1 N–H and O–H groups in total. The predicted octanol–water partition coefficient (Wildman–Crippen LogP) is 3.85. The summed E-state index contributed by atoms with van der Waals surface area (Å²) in [6.07, 6.45) is 3.55. The van der Waals surface area contributed by atoms with Gasteiger partial charge >= 0.3 is 11.6 Å². The molecular weight excluding hydrogens is 336 g/mol. The zero-order valence-corrected chi connectivity index (χ0v) is 14.3. The minimum atomic E-state index is -1.12. The fourth-order valence-corrected chi connectivity index (χ4v) is 3.50. The van der Waals surface area contributed by atoms with Crippen molar-refractivity contribution in [3.05, 3.63) is 62.9 Å². The number of carboxylic acid groups (broad SMARTS) is 1. The molecule has 3 aromatic rings. The molecule has 134 valence electrons. The molecule has 1 aliphatic carbocycles. The molecule has 6 nitrogen and oxygen atoms in total. The summed E-state index contributed by atoms with van der Waals surface area (Å²) in [6.45, 7) is 2.00. The van der Waals surface area contributed by atoms with Crippen LogP contribution >= 0.6 is 0 Å². The number of ether oxygens (including phenoxy) is 1. The number of aromatic carboxylic acids is 1. The second-order valence-corrected chi connectivity index (χ2v) is 6.55. The number of rotatable bonds is 4. The molecule has 26 heavy (non-hydrogen) atoms. The average Bonchev–Trinajstić information content (AvgIpc) is 3.09. The number of fused-ring (bicyclic) bond motifs is 3. The van der Waals surface area contributed by atoms with Gasteiger partial charge < -0.3 is 18.7 Å². The third-order valence-electron chi connectivity index (χ3n) is 4.67. The summed E-state index contributed by atoms with van der Waals surface area (Å²) in [5.41, 5.74) is 2.92. The molecule has 4 rings (SSSR count). The molecular formula is C20H18O6. The van der Waals surface area contributed by atoms with E-state index in [0.717, 1.165) is 47.8 Å². The number of hydrogen-bond donors (Lipinski definition) is 1. The van der Waals surface area contributed by atoms with Crippen LogP contribution in [0.5, 0.6) is 5.75 Å². The van der Waals surface area contributed by atoms with Crippen LogP contribution in [0, 0.1) is 6.92 Å². The van der Waals surface area contributed by atoms with Gasteiger partial charge in [-0.05, 0) is 68.0 Å². The first kappa shape index (κ1) is 16.4. The van der Waals surface area contributed by atoms with Crippen molar-refractivity contribution in [2.24, 2.45) is 0 Å². The van der Waals surface area contributed by atoms with E-state index in [4.69, 9.17) is 18.7 Å². The first-order chi connectivity index (χ1) is 12.5. The highest BCUT2D eigenvalue weighted by Gasteiger charge is 2.21. The van der Waals surface area contributed by atoms with Crippen molar-refractivity contribution in [2.45, 2.75) is 39.2 Å². The van der Waals surface area contributed by atoms with Crippen molar-refractivity contribution < 1.29 is 23.5 Å². The SMILES string of the molecule is Cc1cc(OCc2ccc(C(=O)O)o2)c2c3c(c(=O)oc2c1)CCCC3. The quantitative estimate of drug-likeness (QED) is 0.716. The van der Waals surface area contributed by atoms with Gasteiger partial charge in [-0.15, -0.1) is 0 Å². The second-order valence-electron chi connectivity index (χ2n) is 6.55. The lowest BCUT2D eigenvalue weighted by Gasteiger charge is -2.18. The summed E-state index contributed by atoms with van der Waals surface area (Å²) in [4.78, 5) is 23.2. The Bertz CT molecular complexity index is 1060. The van der Waals surface area contributed by atoms with E-state index in [1.807, 2.05) is 19.1 Å². The van der Waals surface area contributed by atoms with Gasteiger partial charge in [0.2, 0.25) is 5.76 Å². The van der Waals surface area contributed by atoms with Crippen molar-refractivity contribution in [2.75, 3.05) is 0 Å². The number of carbonyl (C=O) groups is 1. The summed E-state index contributed by atoms with van der Waals surface area (Å²) in [5.74, 6) is -0.201. The number of benzene rings is 1. The Morgan fingerprint density at radius 2 is 1.92 bits per heavy atom. The molecule has 0 atom stereocenters. The Balaban J connectivity index is 1.76. The van der Waals surface area contributed by atoms with E-state index in [2.05, 4.69) is 0 Å². The van der Waals surface area contributed by atoms with Crippen LogP contribution in [0.15, 0.2) is 37.9 Å². The maximum Gasteiger partial charge on any atom is 0.371 e. The summed E-state index contributed by atoms with van der Waals surface area (Å²) < 4.78 is 16.7. The molecule has 6 heteroatoms. The molecule has 0 radical (unpaired) electrons. The smallest absolute Gasteiger partial charge is 0.371 e. The molecule has 0 saturated heterocycles. The van der Waals surface area contributed by atoms with Crippen molar-refractivity contribution in [3.63, 3.8) is 0 Å². The Labute approximate surface area is 149 Å². The van der Waals surface area contributed by atoms with E-state index >= 15 is 0 Å². The third-order valence-corrected chi connectivity index (χ3v) is 4.67. The van der Waals surface area contributed by atoms with Crippen molar-refractivity contribution in [3.8, 4) is 5.75 Å². The van der Waals surface area contributed by atoms with Gasteiger partial charge in [0.25, 0.3) is 0 Å². The zero-order valence-electron chi connectivity index (χ0n) is 14.3. The largest absolute Gasteiger partial charge is 0.485 e. The lowest BCUT2D eigenvalue weighted by atomic mass is 9.90. The fourth-order valence-electron chi connectivity index (χ4n) is 3.50. The van der Waals surface area contributed by atoms with Crippen LogP contribution < -0.4 is 10.4 Å². The van der Waals surface area contributed by atoms with Crippen molar-refractivity contribution >= 4 is 16.9 Å². The first-order valence-corrected chi connectivity index (χ1v) is 8.57. The third kappa shape index (κ3) is 2.87. The standard InChI is InChI=1S/C20H18O6/c1-11-8-16(24-10-12-6-7-15(25-12)19(21)22)18-13-4-2-3-5-14(13)20(23)26-17(18)9-11/h6-9H,2-5,10H2,1H3,(H,21,22). The molecule has 0 bridgehead atoms. The maximum absolute atomic E-state index is 12.3. The topological polar surface area (TPSA) is 89.9 Å². The molecule has 2 aromatic heterocycles. The van der Waals surface area contributed by atoms with Gasteiger partial charge in [0.1, 0.15) is 23.7 Å². The molecule has 0 saturated carbocycles. The number of furan rings is 1. The summed E-state index contributed by atoms with van der Waals surface area (Å²) in [5, 5.41) is 9.77. The van der Waals surface area contributed by atoms with Gasteiger partial charge in [0, 0.05) is 5.56 Å².